The summed E-state index contributed by atoms with van der Waals surface area (Å²) in [7, 11) is 0. The van der Waals surface area contributed by atoms with E-state index >= 15 is 0 Å². The van der Waals surface area contributed by atoms with Crippen LogP contribution in [0.4, 0.5) is 0 Å². The van der Waals surface area contributed by atoms with E-state index in [-0.39, 0.29) is 0 Å². The lowest BCUT2D eigenvalue weighted by Gasteiger charge is -2.29. The van der Waals surface area contributed by atoms with Gasteiger partial charge in [-0.15, -0.1) is 0 Å². The molecule has 116 valence electrons. The Kier molecular flexibility index (Phi) is 5.83. The van der Waals surface area contributed by atoms with Gasteiger partial charge in [-0.3, -0.25) is 4.99 Å². The molecule has 0 aromatic carbocycles. The zero-order valence-electron chi connectivity index (χ0n) is 13.7. The van der Waals surface area contributed by atoms with Crippen LogP contribution in [0.1, 0.15) is 72.6 Å². The molecule has 1 heterocycles. The van der Waals surface area contributed by atoms with Gasteiger partial charge in [0.25, 0.3) is 0 Å². The molecule has 1 aliphatic carbocycles. The van der Waals surface area contributed by atoms with Gasteiger partial charge in [-0.05, 0) is 43.4 Å². The van der Waals surface area contributed by atoms with Crippen LogP contribution >= 0.6 is 11.8 Å². The Hall–Kier alpha value is -0.180. The molecule has 0 radical (unpaired) electrons. The van der Waals surface area contributed by atoms with Crippen molar-refractivity contribution in [3.8, 4) is 0 Å². The van der Waals surface area contributed by atoms with Crippen LogP contribution < -0.4 is 5.32 Å². The van der Waals surface area contributed by atoms with E-state index in [1.165, 1.54) is 50.1 Å². The Balaban J connectivity index is 1.68. The maximum atomic E-state index is 4.72. The Morgan fingerprint density at radius 2 is 1.90 bits per heavy atom. The summed E-state index contributed by atoms with van der Waals surface area (Å²) in [5.41, 5.74) is 0.418. The summed E-state index contributed by atoms with van der Waals surface area (Å²) in [5.74, 6) is 0.991. The number of rotatable bonds is 4. The van der Waals surface area contributed by atoms with E-state index < -0.39 is 0 Å². The molecule has 0 amide bonds. The molecule has 2 aliphatic rings. The van der Waals surface area contributed by atoms with Crippen LogP contribution in [0.3, 0.4) is 0 Å². The second kappa shape index (κ2) is 7.20. The predicted octanol–water partition coefficient (Wildman–Crippen LogP) is 4.84. The van der Waals surface area contributed by atoms with E-state index in [0.29, 0.717) is 16.7 Å². The molecule has 1 saturated carbocycles. The number of hydrogen-bond acceptors (Lipinski definition) is 3. The molecule has 0 aromatic heterocycles. The minimum atomic E-state index is 0.418. The minimum Gasteiger partial charge on any atom is -0.362 e. The molecule has 1 unspecified atom stereocenters. The van der Waals surface area contributed by atoms with Crippen molar-refractivity contribution >= 4 is 16.9 Å². The normalized spacial score (nSPS) is 31.2. The number of nitrogens with one attached hydrogen (secondary N) is 1. The fraction of sp³-hybridized carbons (Fsp3) is 0.941. The van der Waals surface area contributed by atoms with Crippen molar-refractivity contribution in [2.45, 2.75) is 83.9 Å². The first-order valence-corrected chi connectivity index (χ1v) is 9.32. The highest BCUT2D eigenvalue weighted by atomic mass is 32.2. The summed E-state index contributed by atoms with van der Waals surface area (Å²) in [6, 6.07) is 0.683. The van der Waals surface area contributed by atoms with Crippen molar-refractivity contribution in [3.05, 3.63) is 0 Å². The molecule has 20 heavy (non-hydrogen) atoms. The zero-order valence-corrected chi connectivity index (χ0v) is 14.6. The first-order valence-electron chi connectivity index (χ1n) is 8.44. The molecule has 1 fully saturated rings. The predicted molar refractivity (Wildman–Crippen MR) is 91.5 cm³/mol. The molecule has 0 aromatic rings. The van der Waals surface area contributed by atoms with Crippen molar-refractivity contribution in [1.82, 2.24) is 5.32 Å². The topological polar surface area (TPSA) is 24.4 Å². The maximum Gasteiger partial charge on any atom is 0.157 e. The molecule has 0 saturated heterocycles. The van der Waals surface area contributed by atoms with Gasteiger partial charge in [0.1, 0.15) is 0 Å². The van der Waals surface area contributed by atoms with Gasteiger partial charge in [-0.2, -0.15) is 0 Å². The third kappa shape index (κ3) is 5.31. The van der Waals surface area contributed by atoms with Gasteiger partial charge >= 0.3 is 0 Å². The number of nitrogens with zero attached hydrogens (tertiary/aromatic N) is 1. The van der Waals surface area contributed by atoms with Crippen LogP contribution in [-0.4, -0.2) is 23.0 Å². The van der Waals surface area contributed by atoms with Crippen molar-refractivity contribution < 1.29 is 0 Å². The van der Waals surface area contributed by atoms with Gasteiger partial charge < -0.3 is 5.32 Å². The molecule has 3 heteroatoms. The van der Waals surface area contributed by atoms with Crippen LogP contribution in [0.2, 0.25) is 0 Å². The minimum absolute atomic E-state index is 0.418. The van der Waals surface area contributed by atoms with Crippen LogP contribution in [0.5, 0.6) is 0 Å². The second-order valence-corrected chi connectivity index (χ2v) is 9.09. The van der Waals surface area contributed by atoms with Gasteiger partial charge in [-0.1, -0.05) is 52.3 Å². The third-order valence-corrected chi connectivity index (χ3v) is 5.55. The Morgan fingerprint density at radius 1 is 1.20 bits per heavy atom. The molecular weight excluding hydrogens is 264 g/mol. The summed E-state index contributed by atoms with van der Waals surface area (Å²) >= 11 is 1.98. The molecule has 1 atom stereocenters. The lowest BCUT2D eigenvalue weighted by Crippen LogP contribution is -2.36. The first kappa shape index (κ1) is 16.2. The van der Waals surface area contributed by atoms with E-state index in [9.17, 15) is 0 Å². The summed E-state index contributed by atoms with van der Waals surface area (Å²) in [5, 5.41) is 5.62. The SMILES string of the molecule is CCCC1CCC(NC2=NCC(CC(C)(C)C)S2)CC1. The summed E-state index contributed by atoms with van der Waals surface area (Å²) < 4.78 is 0. The third-order valence-electron chi connectivity index (χ3n) is 4.43. The molecule has 0 spiro atoms. The summed E-state index contributed by atoms with van der Waals surface area (Å²) in [6.45, 7) is 10.3. The number of aliphatic imine (C=N–C) groups is 1. The highest BCUT2D eigenvalue weighted by Gasteiger charge is 2.27. The highest BCUT2D eigenvalue weighted by Crippen LogP contribution is 2.33. The standard InChI is InChI=1S/C17H32N2S/c1-5-6-13-7-9-14(10-8-13)19-16-18-12-15(20-16)11-17(2,3)4/h13-15H,5-12H2,1-4H3,(H,18,19). The molecule has 1 aliphatic heterocycles. The van der Waals surface area contributed by atoms with Gasteiger partial charge in [0.05, 0.1) is 6.54 Å². The number of thioether (sulfide) groups is 1. The monoisotopic (exact) mass is 296 g/mol. The molecular formula is C17H32N2S. The Labute approximate surface area is 129 Å². The van der Waals surface area contributed by atoms with Crippen molar-refractivity contribution in [3.63, 3.8) is 0 Å². The van der Waals surface area contributed by atoms with Gasteiger partial charge in [0.2, 0.25) is 0 Å². The fourth-order valence-electron chi connectivity index (χ4n) is 3.46. The van der Waals surface area contributed by atoms with E-state index in [2.05, 4.69) is 33.0 Å². The lowest BCUT2D eigenvalue weighted by molar-refractivity contribution is 0.296. The number of hydrogen-bond donors (Lipinski definition) is 1. The quantitative estimate of drug-likeness (QED) is 0.802. The van der Waals surface area contributed by atoms with E-state index in [4.69, 9.17) is 4.99 Å². The first-order chi connectivity index (χ1) is 9.46. The average Bonchev–Trinajstić information content (AvgIpc) is 2.77. The molecule has 2 rings (SSSR count). The van der Waals surface area contributed by atoms with Crippen LogP contribution in [0, 0.1) is 11.3 Å². The van der Waals surface area contributed by atoms with Crippen LogP contribution in [-0.2, 0) is 0 Å². The second-order valence-electron chi connectivity index (χ2n) is 7.80. The van der Waals surface area contributed by atoms with Gasteiger partial charge in [-0.25, -0.2) is 0 Å². The lowest BCUT2D eigenvalue weighted by atomic mass is 9.84. The van der Waals surface area contributed by atoms with Crippen LogP contribution in [0.15, 0.2) is 4.99 Å². The van der Waals surface area contributed by atoms with E-state index in [0.717, 1.165) is 12.5 Å². The smallest absolute Gasteiger partial charge is 0.157 e. The summed E-state index contributed by atoms with van der Waals surface area (Å²) in [4.78, 5) is 4.72. The summed E-state index contributed by atoms with van der Waals surface area (Å²) in [6.07, 6.45) is 9.54. The van der Waals surface area contributed by atoms with Crippen molar-refractivity contribution in [2.24, 2.45) is 16.3 Å². The zero-order chi connectivity index (χ0) is 14.6. The van der Waals surface area contributed by atoms with E-state index in [1.54, 1.807) is 0 Å². The van der Waals surface area contributed by atoms with Crippen LogP contribution in [0.25, 0.3) is 0 Å². The maximum absolute atomic E-state index is 4.72. The highest BCUT2D eigenvalue weighted by molar-refractivity contribution is 8.14. The Morgan fingerprint density at radius 3 is 2.50 bits per heavy atom. The van der Waals surface area contributed by atoms with Gasteiger partial charge in [0.15, 0.2) is 5.17 Å². The van der Waals surface area contributed by atoms with Crippen molar-refractivity contribution in [1.29, 1.82) is 0 Å². The number of amidine groups is 1. The van der Waals surface area contributed by atoms with Crippen molar-refractivity contribution in [2.75, 3.05) is 6.54 Å². The Bertz CT molecular complexity index is 324. The largest absolute Gasteiger partial charge is 0.362 e. The molecule has 2 nitrogen and oxygen atoms in total. The molecule has 1 N–H and O–H groups in total. The molecule has 0 bridgehead atoms. The average molecular weight is 297 g/mol. The van der Waals surface area contributed by atoms with Gasteiger partial charge in [0, 0.05) is 11.3 Å². The fourth-order valence-corrected chi connectivity index (χ4v) is 4.90. The van der Waals surface area contributed by atoms with E-state index in [1.807, 2.05) is 11.8 Å².